The summed E-state index contributed by atoms with van der Waals surface area (Å²) in [6, 6.07) is 15.4. The Morgan fingerprint density at radius 2 is 2.00 bits per heavy atom. The van der Waals surface area contributed by atoms with Gasteiger partial charge >= 0.3 is 0 Å². The molecule has 2 aromatic carbocycles. The van der Waals surface area contributed by atoms with Gasteiger partial charge in [0, 0.05) is 0 Å². The van der Waals surface area contributed by atoms with Crippen LogP contribution >= 0.6 is 15.9 Å². The maximum absolute atomic E-state index is 11.7. The van der Waals surface area contributed by atoms with Gasteiger partial charge in [0.2, 0.25) is 0 Å². The van der Waals surface area contributed by atoms with Crippen LogP contribution in [0.25, 0.3) is 0 Å². The number of carbonyl (C=O) groups excluding carboxylic acids is 1. The van der Waals surface area contributed by atoms with Crippen molar-refractivity contribution >= 4 is 28.1 Å². The molecule has 0 heterocycles. The van der Waals surface area contributed by atoms with E-state index in [2.05, 4.69) is 40.3 Å². The lowest BCUT2D eigenvalue weighted by Crippen LogP contribution is -2.24. The maximum atomic E-state index is 11.7. The molecule has 0 aromatic heterocycles. The highest BCUT2D eigenvalue weighted by Gasteiger charge is 2.07. The van der Waals surface area contributed by atoms with E-state index in [0.29, 0.717) is 11.7 Å². The normalized spacial score (nSPS) is 11.0. The lowest BCUT2D eigenvalue weighted by molar-refractivity contribution is -0.123. The summed E-state index contributed by atoms with van der Waals surface area (Å²) >= 11 is 3.46. The number of nitrogens with one attached hydrogen (secondary N) is 1. The van der Waals surface area contributed by atoms with E-state index in [1.165, 1.54) is 5.56 Å². The molecule has 5 heteroatoms. The molecule has 2 aromatic rings. The molecule has 4 nitrogen and oxygen atoms in total. The van der Waals surface area contributed by atoms with Crippen molar-refractivity contribution < 1.29 is 9.53 Å². The SMILES string of the molecule is CC(C)c1ccc(OCC(=O)NN=Cc2ccccc2)c(Br)c1. The minimum atomic E-state index is -0.308. The van der Waals surface area contributed by atoms with Gasteiger partial charge in [-0.1, -0.05) is 50.2 Å². The van der Waals surface area contributed by atoms with Crippen LogP contribution in [0.15, 0.2) is 58.1 Å². The molecule has 0 spiro atoms. The van der Waals surface area contributed by atoms with E-state index in [1.54, 1.807) is 6.21 Å². The average Bonchev–Trinajstić information content (AvgIpc) is 2.54. The van der Waals surface area contributed by atoms with Crippen LogP contribution in [0.4, 0.5) is 0 Å². The first kappa shape index (κ1) is 17.2. The van der Waals surface area contributed by atoms with E-state index in [4.69, 9.17) is 4.74 Å². The maximum Gasteiger partial charge on any atom is 0.277 e. The topological polar surface area (TPSA) is 50.7 Å². The average molecular weight is 375 g/mol. The molecule has 2 rings (SSSR count). The van der Waals surface area contributed by atoms with Crippen LogP contribution in [-0.2, 0) is 4.79 Å². The fourth-order valence-electron chi connectivity index (χ4n) is 1.89. The van der Waals surface area contributed by atoms with E-state index in [9.17, 15) is 4.79 Å². The van der Waals surface area contributed by atoms with E-state index in [1.807, 2.05) is 48.5 Å². The molecule has 0 saturated carbocycles. The zero-order chi connectivity index (χ0) is 16.7. The predicted octanol–water partition coefficient (Wildman–Crippen LogP) is 4.10. The number of ether oxygens (including phenoxy) is 1. The minimum absolute atomic E-state index is 0.0915. The third kappa shape index (κ3) is 5.53. The number of hydrazone groups is 1. The third-order valence-corrected chi connectivity index (χ3v) is 3.80. The molecule has 0 atom stereocenters. The standard InChI is InChI=1S/C18H19BrN2O2/c1-13(2)15-8-9-17(16(19)10-15)23-12-18(22)21-20-11-14-6-4-3-5-7-14/h3-11,13H,12H2,1-2H3,(H,21,22). The van der Waals surface area contributed by atoms with Crippen LogP contribution in [0, 0.1) is 0 Å². The van der Waals surface area contributed by atoms with Gasteiger partial charge in [-0.2, -0.15) is 5.10 Å². The van der Waals surface area contributed by atoms with Gasteiger partial charge in [0.25, 0.3) is 5.91 Å². The van der Waals surface area contributed by atoms with Gasteiger partial charge in [0.15, 0.2) is 6.61 Å². The van der Waals surface area contributed by atoms with Gasteiger partial charge in [-0.25, -0.2) is 5.43 Å². The monoisotopic (exact) mass is 374 g/mol. The molecule has 0 fully saturated rings. The number of benzene rings is 2. The quantitative estimate of drug-likeness (QED) is 0.611. The minimum Gasteiger partial charge on any atom is -0.483 e. The molecule has 0 bridgehead atoms. The van der Waals surface area contributed by atoms with Crippen LogP contribution in [0.3, 0.4) is 0 Å². The number of rotatable bonds is 6. The zero-order valence-corrected chi connectivity index (χ0v) is 14.7. The Bertz CT molecular complexity index is 685. The van der Waals surface area contributed by atoms with Gasteiger partial charge in [-0.05, 0) is 45.1 Å². The van der Waals surface area contributed by atoms with Crippen molar-refractivity contribution in [2.75, 3.05) is 6.61 Å². The van der Waals surface area contributed by atoms with Gasteiger partial charge in [0.1, 0.15) is 5.75 Å². The second kappa shape index (κ2) is 8.48. The summed E-state index contributed by atoms with van der Waals surface area (Å²) < 4.78 is 6.34. The molecule has 1 amide bonds. The lowest BCUT2D eigenvalue weighted by Gasteiger charge is -2.10. The van der Waals surface area contributed by atoms with Crippen LogP contribution in [0.1, 0.15) is 30.9 Å². The van der Waals surface area contributed by atoms with Crippen LogP contribution in [0.5, 0.6) is 5.75 Å². The van der Waals surface area contributed by atoms with Crippen molar-refractivity contribution in [2.24, 2.45) is 5.10 Å². The van der Waals surface area contributed by atoms with E-state index in [-0.39, 0.29) is 12.5 Å². The van der Waals surface area contributed by atoms with Crippen LogP contribution in [0.2, 0.25) is 0 Å². The summed E-state index contributed by atoms with van der Waals surface area (Å²) in [6.45, 7) is 4.16. The highest BCUT2D eigenvalue weighted by atomic mass is 79.9. The highest BCUT2D eigenvalue weighted by molar-refractivity contribution is 9.10. The van der Waals surface area contributed by atoms with E-state index < -0.39 is 0 Å². The number of hydrogen-bond donors (Lipinski definition) is 1. The number of amides is 1. The van der Waals surface area contributed by atoms with Crippen molar-refractivity contribution in [3.8, 4) is 5.75 Å². The molecule has 0 aliphatic heterocycles. The first-order chi connectivity index (χ1) is 11.1. The summed E-state index contributed by atoms with van der Waals surface area (Å²) in [7, 11) is 0. The number of halogens is 1. The molecule has 23 heavy (non-hydrogen) atoms. The van der Waals surface area contributed by atoms with E-state index in [0.717, 1.165) is 10.0 Å². The zero-order valence-electron chi connectivity index (χ0n) is 13.1. The number of hydrogen-bond acceptors (Lipinski definition) is 3. The fraction of sp³-hybridized carbons (Fsp3) is 0.222. The van der Waals surface area contributed by atoms with E-state index >= 15 is 0 Å². The number of carbonyl (C=O) groups is 1. The van der Waals surface area contributed by atoms with Crippen molar-refractivity contribution in [1.82, 2.24) is 5.43 Å². The van der Waals surface area contributed by atoms with Crippen LogP contribution < -0.4 is 10.2 Å². The predicted molar refractivity (Wildman–Crippen MR) is 95.9 cm³/mol. The summed E-state index contributed by atoms with van der Waals surface area (Å²) in [4.78, 5) is 11.7. The highest BCUT2D eigenvalue weighted by Crippen LogP contribution is 2.28. The number of nitrogens with zero attached hydrogens (tertiary/aromatic N) is 1. The second-order valence-electron chi connectivity index (χ2n) is 5.34. The summed E-state index contributed by atoms with van der Waals surface area (Å²) in [5.74, 6) is 0.768. The van der Waals surface area contributed by atoms with Gasteiger partial charge < -0.3 is 4.74 Å². The largest absolute Gasteiger partial charge is 0.483 e. The third-order valence-electron chi connectivity index (χ3n) is 3.18. The molecule has 0 radical (unpaired) electrons. The van der Waals surface area contributed by atoms with Gasteiger partial charge in [-0.15, -0.1) is 0 Å². The molecule has 120 valence electrons. The fourth-order valence-corrected chi connectivity index (χ4v) is 2.40. The summed E-state index contributed by atoms with van der Waals surface area (Å²) in [5, 5.41) is 3.90. The molecule has 0 saturated heterocycles. The van der Waals surface area contributed by atoms with Crippen molar-refractivity contribution in [1.29, 1.82) is 0 Å². The Labute approximate surface area is 144 Å². The van der Waals surface area contributed by atoms with Gasteiger partial charge in [0.05, 0.1) is 10.7 Å². The molecule has 0 unspecified atom stereocenters. The first-order valence-electron chi connectivity index (χ1n) is 7.35. The van der Waals surface area contributed by atoms with Crippen LogP contribution in [-0.4, -0.2) is 18.7 Å². The Morgan fingerprint density at radius 3 is 2.65 bits per heavy atom. The molecule has 0 aliphatic carbocycles. The molecular weight excluding hydrogens is 356 g/mol. The van der Waals surface area contributed by atoms with Crippen molar-refractivity contribution in [3.05, 3.63) is 64.1 Å². The first-order valence-corrected chi connectivity index (χ1v) is 8.15. The smallest absolute Gasteiger partial charge is 0.277 e. The summed E-state index contributed by atoms with van der Waals surface area (Å²) in [5.41, 5.74) is 4.57. The molecular formula is C18H19BrN2O2. The second-order valence-corrected chi connectivity index (χ2v) is 6.19. The Morgan fingerprint density at radius 1 is 1.26 bits per heavy atom. The molecule has 0 aliphatic rings. The Balaban J connectivity index is 1.84. The Hall–Kier alpha value is -2.14. The van der Waals surface area contributed by atoms with Gasteiger partial charge in [-0.3, -0.25) is 4.79 Å². The summed E-state index contributed by atoms with van der Waals surface area (Å²) in [6.07, 6.45) is 1.59. The lowest BCUT2D eigenvalue weighted by atomic mass is 10.0. The van der Waals surface area contributed by atoms with Crippen molar-refractivity contribution in [3.63, 3.8) is 0 Å². The van der Waals surface area contributed by atoms with Crippen molar-refractivity contribution in [2.45, 2.75) is 19.8 Å². The Kier molecular flexibility index (Phi) is 6.35. The molecule has 1 N–H and O–H groups in total.